The Hall–Kier alpha value is -0.0800. The van der Waals surface area contributed by atoms with Crippen molar-refractivity contribution >= 4 is 0 Å². The summed E-state index contributed by atoms with van der Waals surface area (Å²) in [5.41, 5.74) is 0.100. The summed E-state index contributed by atoms with van der Waals surface area (Å²) in [6, 6.07) is 0. The van der Waals surface area contributed by atoms with Crippen LogP contribution in [0, 0.1) is 11.8 Å². The summed E-state index contributed by atoms with van der Waals surface area (Å²) < 4.78 is 6.55. The van der Waals surface area contributed by atoms with Crippen molar-refractivity contribution in [1.29, 1.82) is 0 Å². The molecule has 0 bridgehead atoms. The summed E-state index contributed by atoms with van der Waals surface area (Å²) in [5.74, 6) is 1.55. The summed E-state index contributed by atoms with van der Waals surface area (Å²) in [4.78, 5) is 0. The highest BCUT2D eigenvalue weighted by molar-refractivity contribution is 4.90. The minimum atomic E-state index is 0.100. The standard InChI is InChI=1S/C18H37NO/c1-6-8-17-9-11-18(12-10-17,14-19-13-7-2)20-16(5)15(3)4/h15-17,19H,6-14H2,1-5H3. The smallest absolute Gasteiger partial charge is 0.0810 e. The highest BCUT2D eigenvalue weighted by Gasteiger charge is 2.37. The first-order chi connectivity index (χ1) is 9.53. The first-order valence-corrected chi connectivity index (χ1v) is 8.91. The van der Waals surface area contributed by atoms with Gasteiger partial charge in [0.05, 0.1) is 11.7 Å². The highest BCUT2D eigenvalue weighted by atomic mass is 16.5. The van der Waals surface area contributed by atoms with Crippen LogP contribution in [-0.4, -0.2) is 24.8 Å². The van der Waals surface area contributed by atoms with Gasteiger partial charge in [-0.25, -0.2) is 0 Å². The molecular formula is C18H37NO. The van der Waals surface area contributed by atoms with Gasteiger partial charge in [0, 0.05) is 6.54 Å². The number of ether oxygens (including phenoxy) is 1. The first-order valence-electron chi connectivity index (χ1n) is 8.91. The van der Waals surface area contributed by atoms with Gasteiger partial charge in [0.2, 0.25) is 0 Å². The third-order valence-corrected chi connectivity index (χ3v) is 4.96. The zero-order valence-electron chi connectivity index (χ0n) is 14.5. The van der Waals surface area contributed by atoms with Gasteiger partial charge in [-0.15, -0.1) is 0 Å². The summed E-state index contributed by atoms with van der Waals surface area (Å²) in [7, 11) is 0. The van der Waals surface area contributed by atoms with E-state index in [9.17, 15) is 0 Å². The SMILES string of the molecule is CCCNCC1(OC(C)C(C)C)CCC(CCC)CC1. The fourth-order valence-electron chi connectivity index (χ4n) is 3.26. The molecule has 0 saturated heterocycles. The van der Waals surface area contributed by atoms with E-state index in [4.69, 9.17) is 4.74 Å². The lowest BCUT2D eigenvalue weighted by molar-refractivity contribution is -0.125. The largest absolute Gasteiger partial charge is 0.370 e. The Morgan fingerprint density at radius 2 is 1.75 bits per heavy atom. The van der Waals surface area contributed by atoms with Crippen molar-refractivity contribution < 1.29 is 4.74 Å². The van der Waals surface area contributed by atoms with Crippen LogP contribution >= 0.6 is 0 Å². The van der Waals surface area contributed by atoms with Gasteiger partial charge in [-0.1, -0.05) is 40.5 Å². The van der Waals surface area contributed by atoms with E-state index in [-0.39, 0.29) is 5.60 Å². The molecule has 1 N–H and O–H groups in total. The molecule has 1 rings (SSSR count). The number of rotatable bonds is 9. The molecule has 1 aliphatic carbocycles. The normalized spacial score (nSPS) is 28.8. The molecule has 0 heterocycles. The quantitative estimate of drug-likeness (QED) is 0.615. The molecular weight excluding hydrogens is 246 g/mol. The van der Waals surface area contributed by atoms with Gasteiger partial charge in [0.25, 0.3) is 0 Å². The summed E-state index contributed by atoms with van der Waals surface area (Å²) in [6.07, 6.45) is 9.48. The van der Waals surface area contributed by atoms with Gasteiger partial charge < -0.3 is 10.1 Å². The minimum Gasteiger partial charge on any atom is -0.370 e. The molecule has 0 aromatic heterocycles. The van der Waals surface area contributed by atoms with Crippen molar-refractivity contribution in [3.63, 3.8) is 0 Å². The van der Waals surface area contributed by atoms with Crippen molar-refractivity contribution in [2.75, 3.05) is 13.1 Å². The van der Waals surface area contributed by atoms with E-state index in [0.29, 0.717) is 12.0 Å². The fraction of sp³-hybridized carbons (Fsp3) is 1.00. The predicted molar refractivity (Wildman–Crippen MR) is 88.1 cm³/mol. The Labute approximate surface area is 127 Å². The Morgan fingerprint density at radius 3 is 2.25 bits per heavy atom. The van der Waals surface area contributed by atoms with Crippen molar-refractivity contribution in [3.8, 4) is 0 Å². The molecule has 1 atom stereocenters. The zero-order valence-corrected chi connectivity index (χ0v) is 14.5. The third-order valence-electron chi connectivity index (χ3n) is 4.96. The van der Waals surface area contributed by atoms with E-state index in [1.165, 1.54) is 44.9 Å². The molecule has 120 valence electrons. The van der Waals surface area contributed by atoms with Crippen molar-refractivity contribution in [2.24, 2.45) is 11.8 Å². The van der Waals surface area contributed by atoms with Crippen LogP contribution in [0.1, 0.15) is 79.6 Å². The molecule has 0 aromatic rings. The molecule has 0 amide bonds. The predicted octanol–water partition coefficient (Wildman–Crippen LogP) is 4.78. The van der Waals surface area contributed by atoms with Gasteiger partial charge in [-0.3, -0.25) is 0 Å². The third kappa shape index (κ3) is 5.73. The van der Waals surface area contributed by atoms with Crippen LogP contribution < -0.4 is 5.32 Å². The van der Waals surface area contributed by atoms with Crippen LogP contribution in [0.3, 0.4) is 0 Å². The molecule has 2 nitrogen and oxygen atoms in total. The lowest BCUT2D eigenvalue weighted by atomic mass is 9.76. The van der Waals surface area contributed by atoms with Crippen LogP contribution in [0.5, 0.6) is 0 Å². The van der Waals surface area contributed by atoms with Gasteiger partial charge >= 0.3 is 0 Å². The average Bonchev–Trinajstić information content (AvgIpc) is 2.42. The number of hydrogen-bond donors (Lipinski definition) is 1. The van der Waals surface area contributed by atoms with Gasteiger partial charge in [-0.05, 0) is 57.4 Å². The van der Waals surface area contributed by atoms with Gasteiger partial charge in [0.1, 0.15) is 0 Å². The van der Waals surface area contributed by atoms with Crippen LogP contribution in [-0.2, 0) is 4.74 Å². The highest BCUT2D eigenvalue weighted by Crippen LogP contribution is 2.38. The van der Waals surface area contributed by atoms with Crippen LogP contribution in [0.4, 0.5) is 0 Å². The lowest BCUT2D eigenvalue weighted by Crippen LogP contribution is -2.48. The number of hydrogen-bond acceptors (Lipinski definition) is 2. The van der Waals surface area contributed by atoms with E-state index in [0.717, 1.165) is 19.0 Å². The summed E-state index contributed by atoms with van der Waals surface area (Å²) >= 11 is 0. The Balaban J connectivity index is 2.56. The van der Waals surface area contributed by atoms with E-state index < -0.39 is 0 Å². The van der Waals surface area contributed by atoms with E-state index in [1.807, 2.05) is 0 Å². The molecule has 1 unspecified atom stereocenters. The molecule has 0 spiro atoms. The molecule has 0 aliphatic heterocycles. The van der Waals surface area contributed by atoms with E-state index in [2.05, 4.69) is 39.9 Å². The molecule has 20 heavy (non-hydrogen) atoms. The monoisotopic (exact) mass is 283 g/mol. The summed E-state index contributed by atoms with van der Waals surface area (Å²) in [5, 5.41) is 3.61. The maximum absolute atomic E-state index is 6.55. The molecule has 0 aromatic carbocycles. The second-order valence-electron chi connectivity index (χ2n) is 7.16. The maximum Gasteiger partial charge on any atom is 0.0810 e. The topological polar surface area (TPSA) is 21.3 Å². The van der Waals surface area contributed by atoms with E-state index >= 15 is 0 Å². The molecule has 1 saturated carbocycles. The van der Waals surface area contributed by atoms with Gasteiger partial charge in [0.15, 0.2) is 0 Å². The van der Waals surface area contributed by atoms with Crippen LogP contribution in [0.15, 0.2) is 0 Å². The first kappa shape index (κ1) is 18.0. The lowest BCUT2D eigenvalue weighted by Gasteiger charge is -2.43. The minimum absolute atomic E-state index is 0.100. The second-order valence-corrected chi connectivity index (χ2v) is 7.16. The van der Waals surface area contributed by atoms with Crippen molar-refractivity contribution in [3.05, 3.63) is 0 Å². The Morgan fingerprint density at radius 1 is 1.10 bits per heavy atom. The second kappa shape index (κ2) is 9.04. The zero-order chi connectivity index (χ0) is 15.0. The van der Waals surface area contributed by atoms with Gasteiger partial charge in [-0.2, -0.15) is 0 Å². The average molecular weight is 284 g/mol. The fourth-order valence-corrected chi connectivity index (χ4v) is 3.26. The molecule has 1 fully saturated rings. The Kier molecular flexibility index (Phi) is 8.13. The van der Waals surface area contributed by atoms with E-state index in [1.54, 1.807) is 0 Å². The molecule has 1 aliphatic rings. The van der Waals surface area contributed by atoms with Crippen molar-refractivity contribution in [2.45, 2.75) is 91.3 Å². The molecule has 0 radical (unpaired) electrons. The maximum atomic E-state index is 6.55. The van der Waals surface area contributed by atoms with Crippen molar-refractivity contribution in [1.82, 2.24) is 5.32 Å². The summed E-state index contributed by atoms with van der Waals surface area (Å²) in [6.45, 7) is 13.5. The van der Waals surface area contributed by atoms with Crippen LogP contribution in [0.25, 0.3) is 0 Å². The van der Waals surface area contributed by atoms with Crippen LogP contribution in [0.2, 0.25) is 0 Å². The Bertz CT molecular complexity index is 244. The molecule has 2 heteroatoms. The number of nitrogens with one attached hydrogen (secondary N) is 1.